The van der Waals surface area contributed by atoms with E-state index in [9.17, 15) is 10.2 Å². The van der Waals surface area contributed by atoms with Gasteiger partial charge < -0.3 is 30.0 Å². The molecule has 0 aliphatic rings. The Kier molecular flexibility index (Phi) is 19.3. The van der Waals surface area contributed by atoms with E-state index in [0.29, 0.717) is 24.9 Å². The van der Waals surface area contributed by atoms with Crippen molar-refractivity contribution in [2.24, 2.45) is 21.8 Å². The summed E-state index contributed by atoms with van der Waals surface area (Å²) in [6.07, 6.45) is 5.41. The van der Waals surface area contributed by atoms with Crippen LogP contribution in [-0.4, -0.2) is 47.7 Å². The molecule has 0 aliphatic heterocycles. The Morgan fingerprint density at radius 1 is 0.744 bits per heavy atom. The minimum atomic E-state index is -1.08. The van der Waals surface area contributed by atoms with Crippen LogP contribution < -0.4 is 10.2 Å². The van der Waals surface area contributed by atoms with Gasteiger partial charge in [-0.3, -0.25) is 9.98 Å². The molecule has 0 atom stereocenters. The Hall–Kier alpha value is -3.17. The summed E-state index contributed by atoms with van der Waals surface area (Å²) in [5.74, 6) is -0.464. The number of hydrogen-bond donors (Lipinski definition) is 2. The van der Waals surface area contributed by atoms with Crippen LogP contribution in [0.2, 0.25) is 0 Å². The predicted molar refractivity (Wildman–Crippen MR) is 149 cm³/mol. The number of carbonyl (C=O) groups excluding carboxylic acids is 2. The second kappa shape index (κ2) is 19.8. The number of nitrogens with zero attached hydrogens (tertiary/aromatic N) is 2. The normalized spacial score (nSPS) is 10.6. The van der Waals surface area contributed by atoms with Gasteiger partial charge in [-0.1, -0.05) is 39.8 Å². The first-order chi connectivity index (χ1) is 17.6. The van der Waals surface area contributed by atoms with Gasteiger partial charge in [-0.05, 0) is 86.8 Å². The maximum Gasteiger partial charge on any atom is 2.00 e. The molecule has 0 heterocycles. The smallest absolute Gasteiger partial charge is 0.550 e. The largest absolute Gasteiger partial charge is 2.00 e. The molecular weight excluding hydrogens is 543 g/mol. The Labute approximate surface area is 243 Å². The molecule has 217 valence electrons. The van der Waals surface area contributed by atoms with Crippen LogP contribution in [0, 0.1) is 25.7 Å². The summed E-state index contributed by atoms with van der Waals surface area (Å²) in [7, 11) is 0. The molecule has 0 fully saturated rings. The van der Waals surface area contributed by atoms with E-state index in [1.165, 1.54) is 11.1 Å². The van der Waals surface area contributed by atoms with E-state index >= 15 is 0 Å². The van der Waals surface area contributed by atoms with E-state index < -0.39 is 11.9 Å². The Bertz CT molecular complexity index is 1020. The average Bonchev–Trinajstić information content (AvgIpc) is 2.75. The maximum atomic E-state index is 10.3. The molecule has 0 aromatic heterocycles. The molecule has 2 aromatic rings. The molecule has 2 N–H and O–H groups in total. The molecule has 0 saturated carbocycles. The first-order valence-corrected chi connectivity index (χ1v) is 12.6. The number of aryl methyl sites for hydroxylation is 2. The molecule has 0 aliphatic carbocycles. The number of carbonyl (C=O) groups is 2. The van der Waals surface area contributed by atoms with Crippen LogP contribution in [0.4, 0.5) is 0 Å². The van der Waals surface area contributed by atoms with Crippen LogP contribution in [0.3, 0.4) is 0 Å². The third-order valence-corrected chi connectivity index (χ3v) is 4.89. The second-order valence-corrected chi connectivity index (χ2v) is 9.95. The van der Waals surface area contributed by atoms with E-state index in [-0.39, 0.29) is 28.3 Å². The molecule has 2 aromatic carbocycles. The summed E-state index contributed by atoms with van der Waals surface area (Å²) in [4.78, 5) is 26.6. The van der Waals surface area contributed by atoms with Crippen LogP contribution in [0.5, 0.6) is 11.5 Å². The SMILES string of the molecule is CC(=O)[O-].CC(=O)[O-].Cc1cc(CC(C)C)cc(C=NCCN=Cc2cc(CC(C)C)cc(C)c2O)c1O.[Co+2]. The van der Waals surface area contributed by atoms with Crippen molar-refractivity contribution in [1.82, 2.24) is 0 Å². The number of benzene rings is 2. The maximum absolute atomic E-state index is 10.3. The Morgan fingerprint density at radius 3 is 1.28 bits per heavy atom. The number of carboxylic acid groups (broad SMARTS) is 2. The third-order valence-electron chi connectivity index (χ3n) is 4.89. The molecule has 0 amide bonds. The zero-order valence-corrected chi connectivity index (χ0v) is 25.2. The number of phenols is 2. The fraction of sp³-hybridized carbons (Fsp3) is 0.467. The number of hydrogen-bond acceptors (Lipinski definition) is 8. The van der Waals surface area contributed by atoms with Gasteiger partial charge in [0, 0.05) is 35.5 Å². The summed E-state index contributed by atoms with van der Waals surface area (Å²) in [5, 5.41) is 38.4. The van der Waals surface area contributed by atoms with Gasteiger partial charge in [-0.25, -0.2) is 0 Å². The van der Waals surface area contributed by atoms with Crippen LogP contribution in [-0.2, 0) is 39.2 Å². The standard InChI is InChI=1S/C26H36N2O2.2C2H4O2.Co/c1-17(2)9-21-11-19(5)25(29)23(13-21)15-27-7-8-28-16-24-14-22(10-18(3)4)12-20(6)26(24)30;2*1-2(3)4;/h11-18,29-30H,7-10H2,1-6H3;2*1H3,(H,3,4);/q;;;+2/p-2. The first-order valence-electron chi connectivity index (χ1n) is 12.6. The predicted octanol–water partition coefficient (Wildman–Crippen LogP) is 3.16. The van der Waals surface area contributed by atoms with E-state index in [0.717, 1.165) is 48.9 Å². The van der Waals surface area contributed by atoms with E-state index in [1.807, 2.05) is 38.1 Å². The summed E-state index contributed by atoms with van der Waals surface area (Å²) >= 11 is 0. The van der Waals surface area contributed by atoms with Gasteiger partial charge in [0.25, 0.3) is 0 Å². The third kappa shape index (κ3) is 17.9. The molecule has 2 rings (SSSR count). The van der Waals surface area contributed by atoms with Crippen LogP contribution in [0.1, 0.15) is 74.9 Å². The zero-order valence-electron chi connectivity index (χ0n) is 24.2. The van der Waals surface area contributed by atoms with Crippen molar-refractivity contribution in [1.29, 1.82) is 0 Å². The van der Waals surface area contributed by atoms with Gasteiger partial charge in [0.2, 0.25) is 0 Å². The fourth-order valence-corrected chi connectivity index (χ4v) is 3.58. The summed E-state index contributed by atoms with van der Waals surface area (Å²) in [6, 6.07) is 8.10. The number of rotatable bonds is 9. The van der Waals surface area contributed by atoms with Crippen molar-refractivity contribution in [2.75, 3.05) is 13.1 Å². The molecule has 8 nitrogen and oxygen atoms in total. The molecule has 9 heteroatoms. The molecule has 0 unspecified atom stereocenters. The van der Waals surface area contributed by atoms with Gasteiger partial charge in [-0.15, -0.1) is 0 Å². The van der Waals surface area contributed by atoms with Gasteiger partial charge in [0.1, 0.15) is 11.5 Å². The van der Waals surface area contributed by atoms with Gasteiger partial charge in [0.05, 0.1) is 13.1 Å². The quantitative estimate of drug-likeness (QED) is 0.342. The number of aromatic hydroxyl groups is 2. The molecular formula is C30H42CoN2O6. The van der Waals surface area contributed by atoms with Gasteiger partial charge >= 0.3 is 16.8 Å². The van der Waals surface area contributed by atoms with Crippen molar-refractivity contribution in [2.45, 2.75) is 68.2 Å². The number of aliphatic imine (C=N–C) groups is 2. The molecule has 0 spiro atoms. The average molecular weight is 586 g/mol. The number of aliphatic carboxylic acids is 2. The van der Waals surface area contributed by atoms with Crippen LogP contribution in [0.15, 0.2) is 34.3 Å². The van der Waals surface area contributed by atoms with Crippen LogP contribution >= 0.6 is 0 Å². The van der Waals surface area contributed by atoms with Gasteiger partial charge in [-0.2, -0.15) is 0 Å². The van der Waals surface area contributed by atoms with E-state index in [4.69, 9.17) is 19.8 Å². The number of carboxylic acids is 2. The summed E-state index contributed by atoms with van der Waals surface area (Å²) in [6.45, 7) is 15.6. The van der Waals surface area contributed by atoms with Crippen LogP contribution in [0.25, 0.3) is 0 Å². The zero-order chi connectivity index (χ0) is 29.4. The number of phenolic OH excluding ortho intramolecular Hbond substituents is 2. The van der Waals surface area contributed by atoms with Crippen molar-refractivity contribution >= 4 is 24.4 Å². The van der Waals surface area contributed by atoms with E-state index in [1.54, 1.807) is 12.4 Å². The second-order valence-electron chi connectivity index (χ2n) is 9.95. The van der Waals surface area contributed by atoms with Crippen molar-refractivity contribution < 1.29 is 46.8 Å². The molecule has 1 radical (unpaired) electrons. The van der Waals surface area contributed by atoms with E-state index in [2.05, 4.69) is 37.7 Å². The molecule has 39 heavy (non-hydrogen) atoms. The Morgan fingerprint density at radius 2 is 1.03 bits per heavy atom. The fourth-order valence-electron chi connectivity index (χ4n) is 3.58. The molecule has 0 bridgehead atoms. The topological polar surface area (TPSA) is 145 Å². The monoisotopic (exact) mass is 585 g/mol. The minimum Gasteiger partial charge on any atom is -0.550 e. The van der Waals surface area contributed by atoms with Crippen molar-refractivity contribution in [3.8, 4) is 11.5 Å². The Balaban J connectivity index is 0. The van der Waals surface area contributed by atoms with Gasteiger partial charge in [0.15, 0.2) is 0 Å². The molecule has 0 saturated heterocycles. The summed E-state index contributed by atoms with van der Waals surface area (Å²) in [5.41, 5.74) is 5.69. The van der Waals surface area contributed by atoms with Crippen molar-refractivity contribution in [3.05, 3.63) is 57.6 Å². The first kappa shape index (κ1) is 38.0. The minimum absolute atomic E-state index is 0. The van der Waals surface area contributed by atoms with Crippen molar-refractivity contribution in [3.63, 3.8) is 0 Å². The summed E-state index contributed by atoms with van der Waals surface area (Å²) < 4.78 is 0.